The van der Waals surface area contributed by atoms with E-state index < -0.39 is 18.2 Å². The summed E-state index contributed by atoms with van der Waals surface area (Å²) in [6, 6.07) is 15.9. The highest BCUT2D eigenvalue weighted by molar-refractivity contribution is 5.79. The molecule has 0 saturated heterocycles. The van der Waals surface area contributed by atoms with Crippen LogP contribution in [0, 0.1) is 0 Å². The summed E-state index contributed by atoms with van der Waals surface area (Å²) in [6.07, 6.45) is 1.12. The standard InChI is InChI=1S/C27H34N2O6/c1-3-4-9-18(14-25(30)28-16-19(34-2)15-26(31)32)29-27(33)35-17-24-22-12-7-5-10-20(22)21-11-6-8-13-23(21)24/h5-8,10-13,18-19,24H,3-4,9,14-17H2,1-2H3,(H,28,30)(H,29,33)(H,31,32). The van der Waals surface area contributed by atoms with Crippen molar-refractivity contribution in [1.82, 2.24) is 10.6 Å². The van der Waals surface area contributed by atoms with Crippen molar-refractivity contribution < 1.29 is 29.0 Å². The van der Waals surface area contributed by atoms with Gasteiger partial charge in [-0.2, -0.15) is 0 Å². The molecule has 35 heavy (non-hydrogen) atoms. The zero-order valence-corrected chi connectivity index (χ0v) is 20.3. The number of methoxy groups -OCH3 is 1. The average Bonchev–Trinajstić information content (AvgIpc) is 3.17. The summed E-state index contributed by atoms with van der Waals surface area (Å²) in [5.41, 5.74) is 4.59. The van der Waals surface area contributed by atoms with Crippen LogP contribution in [-0.4, -0.2) is 55.5 Å². The van der Waals surface area contributed by atoms with Crippen LogP contribution in [0.25, 0.3) is 11.1 Å². The van der Waals surface area contributed by atoms with Crippen LogP contribution in [0.4, 0.5) is 4.79 Å². The maximum atomic E-state index is 12.7. The first-order chi connectivity index (χ1) is 16.9. The van der Waals surface area contributed by atoms with Crippen molar-refractivity contribution in [3.05, 3.63) is 59.7 Å². The minimum Gasteiger partial charge on any atom is -0.481 e. The number of carbonyl (C=O) groups is 3. The molecule has 2 aromatic carbocycles. The Morgan fingerprint density at radius 1 is 1.00 bits per heavy atom. The van der Waals surface area contributed by atoms with Crippen molar-refractivity contribution in [3.63, 3.8) is 0 Å². The van der Waals surface area contributed by atoms with E-state index in [1.807, 2.05) is 31.2 Å². The number of hydrogen-bond acceptors (Lipinski definition) is 5. The van der Waals surface area contributed by atoms with Crippen molar-refractivity contribution >= 4 is 18.0 Å². The molecule has 2 unspecified atom stereocenters. The van der Waals surface area contributed by atoms with Crippen molar-refractivity contribution in [2.75, 3.05) is 20.3 Å². The fraction of sp³-hybridized carbons (Fsp3) is 0.444. The molecule has 0 radical (unpaired) electrons. The minimum atomic E-state index is -0.996. The molecule has 0 spiro atoms. The van der Waals surface area contributed by atoms with Crippen LogP contribution in [0.15, 0.2) is 48.5 Å². The van der Waals surface area contributed by atoms with Crippen LogP contribution in [0.2, 0.25) is 0 Å². The third-order valence-corrected chi connectivity index (χ3v) is 6.27. The van der Waals surface area contributed by atoms with Gasteiger partial charge in [-0.05, 0) is 28.7 Å². The Kier molecular flexibility index (Phi) is 9.66. The summed E-state index contributed by atoms with van der Waals surface area (Å²) in [5.74, 6) is -1.31. The number of carbonyl (C=O) groups excluding carboxylic acids is 2. The number of carboxylic acids is 1. The van der Waals surface area contributed by atoms with E-state index in [4.69, 9.17) is 14.6 Å². The van der Waals surface area contributed by atoms with Gasteiger partial charge < -0.3 is 25.2 Å². The molecule has 8 heteroatoms. The molecule has 1 aliphatic rings. The number of aliphatic carboxylic acids is 1. The number of hydrogen-bond donors (Lipinski definition) is 3. The lowest BCUT2D eigenvalue weighted by Crippen LogP contribution is -2.41. The van der Waals surface area contributed by atoms with Crippen molar-refractivity contribution in [2.45, 2.75) is 57.1 Å². The molecule has 2 amide bonds. The van der Waals surface area contributed by atoms with Gasteiger partial charge in [0.25, 0.3) is 0 Å². The van der Waals surface area contributed by atoms with E-state index in [0.29, 0.717) is 6.42 Å². The topological polar surface area (TPSA) is 114 Å². The van der Waals surface area contributed by atoms with E-state index in [9.17, 15) is 14.4 Å². The number of nitrogens with one attached hydrogen (secondary N) is 2. The fourth-order valence-electron chi connectivity index (χ4n) is 4.44. The lowest BCUT2D eigenvalue weighted by Gasteiger charge is -2.20. The first-order valence-electron chi connectivity index (χ1n) is 12.1. The number of unbranched alkanes of at least 4 members (excludes halogenated alkanes) is 1. The molecular weight excluding hydrogens is 448 g/mol. The molecule has 1 aliphatic carbocycles. The predicted molar refractivity (Wildman–Crippen MR) is 132 cm³/mol. The Labute approximate surface area is 206 Å². The lowest BCUT2D eigenvalue weighted by atomic mass is 9.98. The molecule has 188 valence electrons. The largest absolute Gasteiger partial charge is 0.481 e. The smallest absolute Gasteiger partial charge is 0.407 e. The van der Waals surface area contributed by atoms with Crippen molar-refractivity contribution in [2.24, 2.45) is 0 Å². The van der Waals surface area contributed by atoms with Gasteiger partial charge >= 0.3 is 12.1 Å². The number of alkyl carbamates (subject to hydrolysis) is 1. The number of fused-ring (bicyclic) bond motifs is 3. The molecule has 2 aromatic rings. The predicted octanol–water partition coefficient (Wildman–Crippen LogP) is 4.08. The summed E-state index contributed by atoms with van der Waals surface area (Å²) in [5, 5.41) is 14.4. The molecule has 0 aliphatic heterocycles. The summed E-state index contributed by atoms with van der Waals surface area (Å²) in [6.45, 7) is 2.34. The highest BCUT2D eigenvalue weighted by atomic mass is 16.5. The lowest BCUT2D eigenvalue weighted by molar-refractivity contribution is -0.140. The molecule has 2 atom stereocenters. The summed E-state index contributed by atoms with van der Waals surface area (Å²) in [7, 11) is 1.41. The molecule has 0 saturated carbocycles. The van der Waals surface area contributed by atoms with Crippen molar-refractivity contribution in [3.8, 4) is 11.1 Å². The van der Waals surface area contributed by atoms with Crippen LogP contribution in [0.3, 0.4) is 0 Å². The van der Waals surface area contributed by atoms with Crippen LogP contribution < -0.4 is 10.6 Å². The van der Waals surface area contributed by atoms with Gasteiger partial charge in [-0.3, -0.25) is 9.59 Å². The van der Waals surface area contributed by atoms with Crippen molar-refractivity contribution in [1.29, 1.82) is 0 Å². The second-order valence-corrected chi connectivity index (χ2v) is 8.77. The van der Waals surface area contributed by atoms with Gasteiger partial charge in [0.15, 0.2) is 0 Å². The highest BCUT2D eigenvalue weighted by Gasteiger charge is 2.29. The molecule has 8 nitrogen and oxygen atoms in total. The van der Waals surface area contributed by atoms with Gasteiger partial charge in [0.05, 0.1) is 12.5 Å². The Hall–Kier alpha value is -3.39. The molecule has 0 heterocycles. The Morgan fingerprint density at radius 2 is 1.63 bits per heavy atom. The van der Waals surface area contributed by atoms with Crippen LogP contribution in [0.1, 0.15) is 56.1 Å². The summed E-state index contributed by atoms with van der Waals surface area (Å²) < 4.78 is 10.7. The normalized spacial score (nSPS) is 13.9. The first kappa shape index (κ1) is 26.2. The third kappa shape index (κ3) is 7.29. The Balaban J connectivity index is 1.55. The minimum absolute atomic E-state index is 0.0363. The number of carboxylic acid groups (broad SMARTS) is 1. The first-order valence-corrected chi connectivity index (χ1v) is 12.1. The molecule has 3 N–H and O–H groups in total. The van der Waals surface area contributed by atoms with E-state index in [0.717, 1.165) is 35.1 Å². The average molecular weight is 483 g/mol. The third-order valence-electron chi connectivity index (χ3n) is 6.27. The number of amides is 2. The van der Waals surface area contributed by atoms with E-state index in [1.165, 1.54) is 7.11 Å². The van der Waals surface area contributed by atoms with Crippen LogP contribution in [0.5, 0.6) is 0 Å². The van der Waals surface area contributed by atoms with E-state index in [1.54, 1.807) is 0 Å². The maximum Gasteiger partial charge on any atom is 0.407 e. The molecule has 3 rings (SSSR count). The van der Waals surface area contributed by atoms with Crippen LogP contribution >= 0.6 is 0 Å². The SMILES string of the molecule is CCCCC(CC(=O)NCC(CC(=O)O)OC)NC(=O)OCC1c2ccccc2-c2ccccc21. The molecule has 0 fully saturated rings. The second kappa shape index (κ2) is 12.9. The Bertz CT molecular complexity index is 979. The molecule has 0 bridgehead atoms. The molecule has 0 aromatic heterocycles. The van der Waals surface area contributed by atoms with Gasteiger partial charge in [0.2, 0.25) is 5.91 Å². The monoisotopic (exact) mass is 482 g/mol. The number of rotatable bonds is 13. The summed E-state index contributed by atoms with van der Waals surface area (Å²) >= 11 is 0. The van der Waals surface area contributed by atoms with Gasteiger partial charge in [-0.15, -0.1) is 0 Å². The van der Waals surface area contributed by atoms with E-state index >= 15 is 0 Å². The zero-order chi connectivity index (χ0) is 25.2. The van der Waals surface area contributed by atoms with Gasteiger partial charge in [-0.1, -0.05) is 68.3 Å². The van der Waals surface area contributed by atoms with Gasteiger partial charge in [0, 0.05) is 32.0 Å². The van der Waals surface area contributed by atoms with E-state index in [2.05, 4.69) is 34.9 Å². The molecular formula is C27H34N2O6. The zero-order valence-electron chi connectivity index (χ0n) is 20.3. The van der Waals surface area contributed by atoms with Crippen LogP contribution in [-0.2, 0) is 19.1 Å². The number of benzene rings is 2. The fourth-order valence-corrected chi connectivity index (χ4v) is 4.44. The van der Waals surface area contributed by atoms with Gasteiger partial charge in [0.1, 0.15) is 6.61 Å². The van der Waals surface area contributed by atoms with E-state index in [-0.39, 0.29) is 43.9 Å². The quantitative estimate of drug-likeness (QED) is 0.396. The Morgan fingerprint density at radius 3 is 2.20 bits per heavy atom. The summed E-state index contributed by atoms with van der Waals surface area (Å²) in [4.78, 5) is 36.0. The second-order valence-electron chi connectivity index (χ2n) is 8.77. The highest BCUT2D eigenvalue weighted by Crippen LogP contribution is 2.44. The maximum absolute atomic E-state index is 12.7. The van der Waals surface area contributed by atoms with Gasteiger partial charge in [-0.25, -0.2) is 4.79 Å². The number of ether oxygens (including phenoxy) is 2.